The van der Waals surface area contributed by atoms with E-state index in [-0.39, 0.29) is 0 Å². The summed E-state index contributed by atoms with van der Waals surface area (Å²) in [7, 11) is 0. The van der Waals surface area contributed by atoms with Crippen molar-refractivity contribution in [2.45, 2.75) is 20.0 Å². The molecule has 0 spiro atoms. The monoisotopic (exact) mass is 251 g/mol. The van der Waals surface area contributed by atoms with Crippen LogP contribution in [0.2, 0.25) is 5.15 Å². The quantitative estimate of drug-likeness (QED) is 0.851. The fraction of sp³-hybridized carbons (Fsp3) is 0.308. The minimum Gasteiger partial charge on any atom is -0.494 e. The van der Waals surface area contributed by atoms with Crippen LogP contribution in [0.25, 0.3) is 10.9 Å². The summed E-state index contributed by atoms with van der Waals surface area (Å²) in [6.07, 6.45) is -0.629. The molecular formula is C13H14ClNO2. The van der Waals surface area contributed by atoms with E-state index in [1.54, 1.807) is 6.92 Å². The molecule has 17 heavy (non-hydrogen) atoms. The second-order valence-electron chi connectivity index (χ2n) is 3.83. The van der Waals surface area contributed by atoms with Crippen molar-refractivity contribution in [2.24, 2.45) is 0 Å². The fourth-order valence-corrected chi connectivity index (χ4v) is 2.00. The third-order valence-corrected chi connectivity index (χ3v) is 2.83. The van der Waals surface area contributed by atoms with E-state index in [9.17, 15) is 5.11 Å². The van der Waals surface area contributed by atoms with Gasteiger partial charge in [0, 0.05) is 10.9 Å². The second-order valence-corrected chi connectivity index (χ2v) is 4.19. The van der Waals surface area contributed by atoms with Crippen molar-refractivity contribution in [3.05, 3.63) is 35.0 Å². The largest absolute Gasteiger partial charge is 0.494 e. The number of halogens is 1. The molecule has 0 radical (unpaired) electrons. The second kappa shape index (κ2) is 4.90. The number of aliphatic hydroxyl groups is 1. The first-order valence-electron chi connectivity index (χ1n) is 5.53. The lowest BCUT2D eigenvalue weighted by molar-refractivity contribution is 0.199. The van der Waals surface area contributed by atoms with Gasteiger partial charge in [-0.05, 0) is 38.1 Å². The van der Waals surface area contributed by atoms with Gasteiger partial charge in [0.2, 0.25) is 0 Å². The molecule has 90 valence electrons. The Morgan fingerprint density at radius 2 is 2.18 bits per heavy atom. The van der Waals surface area contributed by atoms with E-state index in [0.717, 1.165) is 16.7 Å². The smallest absolute Gasteiger partial charge is 0.135 e. The molecule has 1 N–H and O–H groups in total. The summed E-state index contributed by atoms with van der Waals surface area (Å²) in [5, 5.41) is 10.8. The van der Waals surface area contributed by atoms with Gasteiger partial charge in [-0.2, -0.15) is 0 Å². The highest BCUT2D eigenvalue weighted by Gasteiger charge is 2.10. The van der Waals surface area contributed by atoms with Crippen LogP contribution < -0.4 is 4.74 Å². The maximum Gasteiger partial charge on any atom is 0.135 e. The normalized spacial score (nSPS) is 12.7. The van der Waals surface area contributed by atoms with E-state index in [2.05, 4.69) is 4.98 Å². The van der Waals surface area contributed by atoms with Crippen LogP contribution in [0, 0.1) is 0 Å². The van der Waals surface area contributed by atoms with Crippen molar-refractivity contribution in [1.29, 1.82) is 0 Å². The molecule has 0 aliphatic carbocycles. The van der Waals surface area contributed by atoms with Crippen molar-refractivity contribution < 1.29 is 9.84 Å². The summed E-state index contributed by atoms with van der Waals surface area (Å²) < 4.78 is 5.42. The number of hydrogen-bond donors (Lipinski definition) is 1. The van der Waals surface area contributed by atoms with Gasteiger partial charge in [-0.1, -0.05) is 11.6 Å². The Hall–Kier alpha value is -1.32. The van der Waals surface area contributed by atoms with Gasteiger partial charge in [-0.15, -0.1) is 0 Å². The fourth-order valence-electron chi connectivity index (χ4n) is 1.70. The molecule has 1 heterocycles. The molecule has 3 nitrogen and oxygen atoms in total. The summed E-state index contributed by atoms with van der Waals surface area (Å²) in [6.45, 7) is 4.22. The van der Waals surface area contributed by atoms with E-state index >= 15 is 0 Å². The molecule has 0 fully saturated rings. The zero-order valence-electron chi connectivity index (χ0n) is 9.77. The van der Waals surface area contributed by atoms with Crippen LogP contribution in [0.5, 0.6) is 5.75 Å². The lowest BCUT2D eigenvalue weighted by Crippen LogP contribution is -1.96. The van der Waals surface area contributed by atoms with Gasteiger partial charge in [0.05, 0.1) is 18.2 Å². The van der Waals surface area contributed by atoms with E-state index in [0.29, 0.717) is 17.3 Å². The number of aliphatic hydroxyl groups excluding tert-OH is 1. The lowest BCUT2D eigenvalue weighted by Gasteiger charge is -2.09. The van der Waals surface area contributed by atoms with Crippen molar-refractivity contribution >= 4 is 22.5 Å². The van der Waals surface area contributed by atoms with Crippen LogP contribution in [-0.2, 0) is 0 Å². The third-order valence-electron chi connectivity index (χ3n) is 2.53. The summed E-state index contributed by atoms with van der Waals surface area (Å²) >= 11 is 6.00. The number of aromatic nitrogens is 1. The number of hydrogen-bond acceptors (Lipinski definition) is 3. The molecule has 2 rings (SSSR count). The molecule has 0 aliphatic heterocycles. The predicted molar refractivity (Wildman–Crippen MR) is 68.6 cm³/mol. The first-order chi connectivity index (χ1) is 8.11. The summed E-state index contributed by atoms with van der Waals surface area (Å²) in [4.78, 5) is 4.25. The molecule has 1 atom stereocenters. The number of fused-ring (bicyclic) bond motifs is 1. The molecule has 0 aliphatic rings. The first-order valence-corrected chi connectivity index (χ1v) is 5.90. The lowest BCUT2D eigenvalue weighted by atomic mass is 10.1. The SMILES string of the molecule is CCOc1ccc2nc(Cl)c([C@@H](C)O)cc2c1. The molecule has 4 heteroatoms. The standard InChI is InChI=1S/C13H14ClNO2/c1-3-17-10-4-5-12-9(6-10)7-11(8(2)16)13(14)15-12/h4-8,16H,3H2,1-2H3/t8-/m1/s1. The first kappa shape index (κ1) is 12.1. The number of rotatable bonds is 3. The number of nitrogens with zero attached hydrogens (tertiary/aromatic N) is 1. The third kappa shape index (κ3) is 2.51. The average molecular weight is 252 g/mol. The Morgan fingerprint density at radius 1 is 1.41 bits per heavy atom. The average Bonchev–Trinajstić information content (AvgIpc) is 2.28. The van der Waals surface area contributed by atoms with Gasteiger partial charge in [-0.3, -0.25) is 0 Å². The highest BCUT2D eigenvalue weighted by molar-refractivity contribution is 6.30. The molecule has 0 bridgehead atoms. The summed E-state index contributed by atoms with van der Waals surface area (Å²) in [5.41, 5.74) is 1.43. The van der Waals surface area contributed by atoms with E-state index in [1.807, 2.05) is 31.2 Å². The Balaban J connectivity index is 2.56. The molecule has 1 aromatic heterocycles. The highest BCUT2D eigenvalue weighted by Crippen LogP contribution is 2.27. The summed E-state index contributed by atoms with van der Waals surface area (Å²) in [6, 6.07) is 7.46. The Morgan fingerprint density at radius 3 is 2.82 bits per heavy atom. The van der Waals surface area contributed by atoms with Gasteiger partial charge < -0.3 is 9.84 Å². The van der Waals surface area contributed by atoms with Crippen LogP contribution in [0.3, 0.4) is 0 Å². The highest BCUT2D eigenvalue weighted by atomic mass is 35.5. The molecule has 0 saturated carbocycles. The zero-order valence-corrected chi connectivity index (χ0v) is 10.5. The topological polar surface area (TPSA) is 42.4 Å². The van der Waals surface area contributed by atoms with Crippen LogP contribution in [0.15, 0.2) is 24.3 Å². The maximum absolute atomic E-state index is 9.58. The zero-order chi connectivity index (χ0) is 12.4. The molecular weight excluding hydrogens is 238 g/mol. The summed E-state index contributed by atoms with van der Waals surface area (Å²) in [5.74, 6) is 0.792. The van der Waals surface area contributed by atoms with Crippen LogP contribution >= 0.6 is 11.6 Å². The van der Waals surface area contributed by atoms with Crippen LogP contribution in [-0.4, -0.2) is 16.7 Å². The van der Waals surface area contributed by atoms with E-state index in [1.165, 1.54) is 0 Å². The van der Waals surface area contributed by atoms with Gasteiger partial charge in [0.25, 0.3) is 0 Å². The number of benzene rings is 1. The van der Waals surface area contributed by atoms with Crippen LogP contribution in [0.1, 0.15) is 25.5 Å². The number of pyridine rings is 1. The van der Waals surface area contributed by atoms with Crippen molar-refractivity contribution in [1.82, 2.24) is 4.98 Å². The molecule has 0 saturated heterocycles. The van der Waals surface area contributed by atoms with Gasteiger partial charge >= 0.3 is 0 Å². The van der Waals surface area contributed by atoms with Crippen molar-refractivity contribution in [2.75, 3.05) is 6.61 Å². The van der Waals surface area contributed by atoms with E-state index < -0.39 is 6.10 Å². The molecule has 0 amide bonds. The maximum atomic E-state index is 9.58. The van der Waals surface area contributed by atoms with Crippen molar-refractivity contribution in [3.8, 4) is 5.75 Å². The molecule has 0 unspecified atom stereocenters. The Kier molecular flexibility index (Phi) is 3.50. The molecule has 1 aromatic carbocycles. The minimum atomic E-state index is -0.629. The van der Waals surface area contributed by atoms with Crippen LogP contribution in [0.4, 0.5) is 0 Å². The molecule has 2 aromatic rings. The van der Waals surface area contributed by atoms with E-state index in [4.69, 9.17) is 16.3 Å². The van der Waals surface area contributed by atoms with Gasteiger partial charge in [0.1, 0.15) is 10.9 Å². The minimum absolute atomic E-state index is 0.344. The van der Waals surface area contributed by atoms with Gasteiger partial charge in [0.15, 0.2) is 0 Å². The number of ether oxygens (including phenoxy) is 1. The Labute approximate surface area is 105 Å². The van der Waals surface area contributed by atoms with Crippen molar-refractivity contribution in [3.63, 3.8) is 0 Å². The Bertz CT molecular complexity index is 540. The van der Waals surface area contributed by atoms with Gasteiger partial charge in [-0.25, -0.2) is 4.98 Å². The predicted octanol–water partition coefficient (Wildman–Crippen LogP) is 3.34.